The van der Waals surface area contributed by atoms with Gasteiger partial charge in [-0.2, -0.15) is 0 Å². The molecule has 2 fully saturated rings. The summed E-state index contributed by atoms with van der Waals surface area (Å²) < 4.78 is 0. The van der Waals surface area contributed by atoms with Crippen LogP contribution in [0.15, 0.2) is 41.2 Å². The second-order valence-electron chi connectivity index (χ2n) is 9.05. The number of rotatable bonds is 5. The number of fused-ring (bicyclic) bond motifs is 1. The minimum Gasteiger partial charge on any atom is -0.503 e. The number of pyridine rings is 1. The monoisotopic (exact) mass is 462 g/mol. The Hall–Kier alpha value is -3.88. The van der Waals surface area contributed by atoms with Crippen LogP contribution in [0.25, 0.3) is 22.2 Å². The first-order valence-corrected chi connectivity index (χ1v) is 11.7. The maximum absolute atomic E-state index is 12.9. The van der Waals surface area contributed by atoms with Crippen LogP contribution in [0.5, 0.6) is 5.75 Å². The Morgan fingerprint density at radius 2 is 1.82 bits per heavy atom. The minimum atomic E-state index is -0.599. The third-order valence-corrected chi connectivity index (χ3v) is 6.84. The number of aromatic nitrogens is 1. The fraction of sp³-hybridized carbons (Fsp3) is 0.360. The van der Waals surface area contributed by atoms with Gasteiger partial charge in [-0.3, -0.25) is 19.7 Å². The number of anilines is 1. The van der Waals surface area contributed by atoms with Crippen molar-refractivity contribution in [3.8, 4) is 17.0 Å². The molecule has 0 radical (unpaired) electrons. The highest BCUT2D eigenvalue weighted by Crippen LogP contribution is 2.36. The Bertz CT molecular complexity index is 1340. The van der Waals surface area contributed by atoms with Gasteiger partial charge in [0.05, 0.1) is 16.1 Å². The van der Waals surface area contributed by atoms with Crippen LogP contribution >= 0.6 is 0 Å². The van der Waals surface area contributed by atoms with Gasteiger partial charge in [0, 0.05) is 41.7 Å². The number of aromatic hydroxyl groups is 1. The number of nitrogens with zero attached hydrogens (tertiary/aromatic N) is 2. The zero-order valence-electron chi connectivity index (χ0n) is 18.7. The van der Waals surface area contributed by atoms with E-state index in [2.05, 4.69) is 10.3 Å². The first-order chi connectivity index (χ1) is 16.4. The van der Waals surface area contributed by atoms with E-state index < -0.39 is 16.1 Å². The predicted octanol–water partition coefficient (Wildman–Crippen LogP) is 4.08. The normalized spacial score (nSPS) is 16.3. The quantitative estimate of drug-likeness (QED) is 0.387. The van der Waals surface area contributed by atoms with Gasteiger partial charge in [-0.25, -0.2) is 0 Å². The van der Waals surface area contributed by atoms with Crippen LogP contribution in [0.4, 0.5) is 11.4 Å². The highest BCUT2D eigenvalue weighted by Gasteiger charge is 2.24. The number of hydrogen-bond acceptors (Lipinski definition) is 6. The van der Waals surface area contributed by atoms with Crippen molar-refractivity contribution >= 4 is 28.2 Å². The Labute approximate surface area is 195 Å². The smallest absolute Gasteiger partial charge is 0.293 e. The minimum absolute atomic E-state index is 0.0792. The molecule has 2 heterocycles. The number of H-pyrrole nitrogens is 1. The number of amides is 1. The maximum atomic E-state index is 12.9. The second kappa shape index (κ2) is 8.81. The van der Waals surface area contributed by atoms with Crippen LogP contribution in [0.1, 0.15) is 48.9 Å². The number of benzene rings is 2. The predicted molar refractivity (Wildman–Crippen MR) is 129 cm³/mol. The van der Waals surface area contributed by atoms with E-state index in [1.807, 2.05) is 4.90 Å². The second-order valence-corrected chi connectivity index (χ2v) is 9.05. The van der Waals surface area contributed by atoms with E-state index in [-0.39, 0.29) is 28.7 Å². The Balaban J connectivity index is 1.55. The lowest BCUT2D eigenvalue weighted by atomic mass is 10.0. The molecular weight excluding hydrogens is 436 g/mol. The molecule has 0 bridgehead atoms. The molecule has 1 amide bonds. The van der Waals surface area contributed by atoms with Crippen LogP contribution < -0.4 is 15.6 Å². The molecule has 1 aliphatic carbocycles. The number of nitro groups is 1. The molecule has 3 N–H and O–H groups in total. The lowest BCUT2D eigenvalue weighted by Gasteiger charge is -2.18. The Morgan fingerprint density at radius 3 is 2.53 bits per heavy atom. The zero-order valence-corrected chi connectivity index (χ0v) is 18.7. The molecule has 1 saturated carbocycles. The van der Waals surface area contributed by atoms with Crippen LogP contribution in [0.3, 0.4) is 0 Å². The molecule has 5 rings (SSSR count). The average molecular weight is 463 g/mol. The van der Waals surface area contributed by atoms with Gasteiger partial charge in [-0.15, -0.1) is 0 Å². The van der Waals surface area contributed by atoms with Crippen molar-refractivity contribution in [3.05, 3.63) is 62.3 Å². The van der Waals surface area contributed by atoms with Crippen molar-refractivity contribution < 1.29 is 14.8 Å². The van der Waals surface area contributed by atoms with Gasteiger partial charge in [0.2, 0.25) is 5.43 Å². The Kier molecular flexibility index (Phi) is 5.69. The molecule has 1 saturated heterocycles. The number of carbonyl (C=O) groups excluding carboxylic acids is 1. The maximum Gasteiger partial charge on any atom is 0.293 e. The highest BCUT2D eigenvalue weighted by molar-refractivity contribution is 5.98. The topological polar surface area (TPSA) is 129 Å². The van der Waals surface area contributed by atoms with E-state index in [1.165, 1.54) is 12.1 Å². The van der Waals surface area contributed by atoms with Crippen molar-refractivity contribution in [1.82, 2.24) is 10.3 Å². The molecule has 0 unspecified atom stereocenters. The molecule has 9 nitrogen and oxygen atoms in total. The lowest BCUT2D eigenvalue weighted by molar-refractivity contribution is -0.384. The van der Waals surface area contributed by atoms with Crippen molar-refractivity contribution in [2.45, 2.75) is 44.6 Å². The average Bonchev–Trinajstić information content (AvgIpc) is 3.55. The van der Waals surface area contributed by atoms with Crippen LogP contribution in [-0.4, -0.2) is 40.1 Å². The summed E-state index contributed by atoms with van der Waals surface area (Å²) in [7, 11) is 0. The fourth-order valence-corrected chi connectivity index (χ4v) is 5.02. The van der Waals surface area contributed by atoms with E-state index in [0.717, 1.165) is 51.6 Å². The third kappa shape index (κ3) is 3.98. The zero-order chi connectivity index (χ0) is 23.8. The van der Waals surface area contributed by atoms with Gasteiger partial charge in [-0.1, -0.05) is 18.9 Å². The SMILES string of the molecule is O=C(NC1CCCC1)c1ccc2c(=O)c(O)c(-c3ccc(N4CCCC4)c([N+](=O)[O-])c3)[nH]c2c1. The van der Waals surface area contributed by atoms with Gasteiger partial charge >= 0.3 is 0 Å². The number of nitro benzene ring substituents is 1. The summed E-state index contributed by atoms with van der Waals surface area (Å²) in [5.74, 6) is -0.728. The van der Waals surface area contributed by atoms with E-state index in [9.17, 15) is 24.8 Å². The molecule has 34 heavy (non-hydrogen) atoms. The van der Waals surface area contributed by atoms with Crippen molar-refractivity contribution in [3.63, 3.8) is 0 Å². The molecule has 0 atom stereocenters. The molecule has 0 spiro atoms. The van der Waals surface area contributed by atoms with Crippen LogP contribution in [0, 0.1) is 10.1 Å². The van der Waals surface area contributed by atoms with Crippen molar-refractivity contribution in [2.75, 3.05) is 18.0 Å². The molecular formula is C25H26N4O5. The number of hydrogen-bond donors (Lipinski definition) is 3. The van der Waals surface area contributed by atoms with E-state index in [4.69, 9.17) is 0 Å². The number of aromatic amines is 1. The number of nitrogens with one attached hydrogen (secondary N) is 2. The van der Waals surface area contributed by atoms with Crippen molar-refractivity contribution in [2.24, 2.45) is 0 Å². The van der Waals surface area contributed by atoms with E-state index in [0.29, 0.717) is 22.3 Å². The molecule has 3 aromatic rings. The van der Waals surface area contributed by atoms with Crippen molar-refractivity contribution in [1.29, 1.82) is 0 Å². The fourth-order valence-electron chi connectivity index (χ4n) is 5.02. The molecule has 2 aromatic carbocycles. The molecule has 1 aromatic heterocycles. The van der Waals surface area contributed by atoms with Gasteiger partial charge in [0.15, 0.2) is 5.75 Å². The third-order valence-electron chi connectivity index (χ3n) is 6.84. The summed E-state index contributed by atoms with van der Waals surface area (Å²) in [4.78, 5) is 41.9. The summed E-state index contributed by atoms with van der Waals surface area (Å²) in [6.07, 6.45) is 6.08. The summed E-state index contributed by atoms with van der Waals surface area (Å²) >= 11 is 0. The van der Waals surface area contributed by atoms with E-state index >= 15 is 0 Å². The van der Waals surface area contributed by atoms with Crippen LogP contribution in [-0.2, 0) is 0 Å². The van der Waals surface area contributed by atoms with Gasteiger partial charge < -0.3 is 20.3 Å². The summed E-state index contributed by atoms with van der Waals surface area (Å²) in [6.45, 7) is 1.51. The first-order valence-electron chi connectivity index (χ1n) is 11.7. The largest absolute Gasteiger partial charge is 0.503 e. The van der Waals surface area contributed by atoms with Gasteiger partial charge in [0.25, 0.3) is 11.6 Å². The Morgan fingerprint density at radius 1 is 1.09 bits per heavy atom. The molecule has 176 valence electrons. The first kappa shape index (κ1) is 21.9. The molecule has 2 aliphatic rings. The number of carbonyl (C=O) groups is 1. The van der Waals surface area contributed by atoms with Gasteiger partial charge in [-0.05, 0) is 49.9 Å². The van der Waals surface area contributed by atoms with Gasteiger partial charge in [0.1, 0.15) is 5.69 Å². The molecule has 9 heteroatoms. The summed E-state index contributed by atoms with van der Waals surface area (Å²) in [5.41, 5.74) is 1.04. The standard InChI is InChI=1S/C25H26N4O5/c30-23-18-9-7-16(25(32)26-17-5-1-2-6-17)13-19(18)27-22(24(23)31)15-8-10-20(21(14-15)29(33)34)28-11-3-4-12-28/h7-10,13-14,17,31H,1-6,11-12H2,(H,26,32)(H,27,30). The lowest BCUT2D eigenvalue weighted by Crippen LogP contribution is -2.32. The highest BCUT2D eigenvalue weighted by atomic mass is 16.6. The van der Waals surface area contributed by atoms with Crippen LogP contribution in [0.2, 0.25) is 0 Å². The van der Waals surface area contributed by atoms with E-state index in [1.54, 1.807) is 24.3 Å². The molecule has 1 aliphatic heterocycles. The summed E-state index contributed by atoms with van der Waals surface area (Å²) in [5, 5.41) is 25.7. The summed E-state index contributed by atoms with van der Waals surface area (Å²) in [6, 6.07) is 9.52.